The minimum absolute atomic E-state index is 0.0406. The van der Waals surface area contributed by atoms with Gasteiger partial charge < -0.3 is 10.0 Å². The number of benzene rings is 1. The first kappa shape index (κ1) is 18.1. The molecule has 4 heteroatoms. The third-order valence-corrected chi connectivity index (χ3v) is 5.18. The van der Waals surface area contributed by atoms with Gasteiger partial charge in [0.05, 0.1) is 6.10 Å². The lowest BCUT2D eigenvalue weighted by molar-refractivity contribution is -0.127. The zero-order valence-electron chi connectivity index (χ0n) is 14.1. The third-order valence-electron chi connectivity index (χ3n) is 4.05. The van der Waals surface area contributed by atoms with Crippen LogP contribution in [-0.4, -0.2) is 40.9 Å². The average molecular weight is 333 g/mol. The van der Waals surface area contributed by atoms with E-state index in [9.17, 15) is 9.90 Å². The van der Waals surface area contributed by atoms with Gasteiger partial charge in [-0.2, -0.15) is 0 Å². The molecule has 1 amide bonds. The zero-order chi connectivity index (χ0) is 16.7. The fourth-order valence-corrected chi connectivity index (χ4v) is 3.79. The number of carbonyl (C=O) groups excluding carboxylic acids is 1. The summed E-state index contributed by atoms with van der Waals surface area (Å²) in [5, 5.41) is 9.52. The molecule has 1 saturated heterocycles. The van der Waals surface area contributed by atoms with Gasteiger partial charge in [0.2, 0.25) is 5.91 Å². The van der Waals surface area contributed by atoms with Crippen LogP contribution >= 0.6 is 11.8 Å². The second-order valence-electron chi connectivity index (χ2n) is 6.46. The Morgan fingerprint density at radius 1 is 1.35 bits per heavy atom. The van der Waals surface area contributed by atoms with Crippen molar-refractivity contribution < 1.29 is 9.90 Å². The fourth-order valence-electron chi connectivity index (χ4n) is 2.51. The topological polar surface area (TPSA) is 40.5 Å². The van der Waals surface area contributed by atoms with E-state index in [1.807, 2.05) is 34.9 Å². The molecular weight excluding hydrogens is 306 g/mol. The van der Waals surface area contributed by atoms with Crippen molar-refractivity contribution in [3.63, 3.8) is 0 Å². The molecule has 2 rings (SSSR count). The minimum Gasteiger partial charge on any atom is -0.393 e. The first-order valence-corrected chi connectivity index (χ1v) is 9.41. The highest BCUT2D eigenvalue weighted by atomic mass is 32.2. The van der Waals surface area contributed by atoms with Crippen LogP contribution in [0.2, 0.25) is 0 Å². The standard InChI is InChI=1S/C19H27NO2S/c1-15(2)11-14-23-18-6-4-3-5-16(18)7-8-19(22)20-12-9-17(21)10-13-20/h3-8,15,17,21H,9-14H2,1-2H3/b8-7+. The highest BCUT2D eigenvalue weighted by Crippen LogP contribution is 2.25. The van der Waals surface area contributed by atoms with Crippen LogP contribution in [0.15, 0.2) is 35.2 Å². The van der Waals surface area contributed by atoms with Gasteiger partial charge in [-0.25, -0.2) is 0 Å². The SMILES string of the molecule is CC(C)CCSc1ccccc1/C=C/C(=O)N1CCC(O)CC1. The summed E-state index contributed by atoms with van der Waals surface area (Å²) < 4.78 is 0. The van der Waals surface area contributed by atoms with Crippen LogP contribution in [0.5, 0.6) is 0 Å². The number of hydrogen-bond donors (Lipinski definition) is 1. The molecule has 1 heterocycles. The average Bonchev–Trinajstić information content (AvgIpc) is 2.54. The van der Waals surface area contributed by atoms with Gasteiger partial charge in [0.25, 0.3) is 0 Å². The molecule has 1 aliphatic heterocycles. The van der Waals surface area contributed by atoms with Crippen LogP contribution in [0.3, 0.4) is 0 Å². The predicted octanol–water partition coefficient (Wildman–Crippen LogP) is 3.82. The Labute approximate surface area is 143 Å². The van der Waals surface area contributed by atoms with Crippen molar-refractivity contribution in [3.05, 3.63) is 35.9 Å². The van der Waals surface area contributed by atoms with E-state index in [0.717, 1.165) is 11.3 Å². The van der Waals surface area contributed by atoms with E-state index >= 15 is 0 Å². The van der Waals surface area contributed by atoms with Crippen molar-refractivity contribution in [1.82, 2.24) is 4.90 Å². The summed E-state index contributed by atoms with van der Waals surface area (Å²) in [5.41, 5.74) is 1.10. The van der Waals surface area contributed by atoms with Crippen LogP contribution in [0.1, 0.15) is 38.7 Å². The molecule has 1 aromatic carbocycles. The number of amides is 1. The molecule has 0 bridgehead atoms. The van der Waals surface area contributed by atoms with Gasteiger partial charge in [-0.3, -0.25) is 4.79 Å². The van der Waals surface area contributed by atoms with Crippen LogP contribution in [0, 0.1) is 5.92 Å². The van der Waals surface area contributed by atoms with Crippen molar-refractivity contribution in [3.8, 4) is 0 Å². The van der Waals surface area contributed by atoms with E-state index < -0.39 is 0 Å². The van der Waals surface area contributed by atoms with Crippen molar-refractivity contribution in [2.75, 3.05) is 18.8 Å². The first-order valence-electron chi connectivity index (χ1n) is 8.43. The maximum absolute atomic E-state index is 12.2. The summed E-state index contributed by atoms with van der Waals surface area (Å²) in [6, 6.07) is 8.23. The number of piperidine rings is 1. The van der Waals surface area contributed by atoms with Gasteiger partial charge in [-0.15, -0.1) is 11.8 Å². The maximum atomic E-state index is 12.2. The van der Waals surface area contributed by atoms with Crippen molar-refractivity contribution >= 4 is 23.7 Å². The molecular formula is C19H27NO2S. The van der Waals surface area contributed by atoms with Gasteiger partial charge in [-0.05, 0) is 48.6 Å². The largest absolute Gasteiger partial charge is 0.393 e. The van der Waals surface area contributed by atoms with Gasteiger partial charge >= 0.3 is 0 Å². The Morgan fingerprint density at radius 3 is 2.74 bits per heavy atom. The Kier molecular flexibility index (Phi) is 7.18. The number of likely N-dealkylation sites (tertiary alicyclic amines) is 1. The Bertz CT molecular complexity index is 534. The summed E-state index contributed by atoms with van der Waals surface area (Å²) in [6.07, 6.45) is 5.89. The van der Waals surface area contributed by atoms with Crippen molar-refractivity contribution in [2.45, 2.75) is 44.1 Å². The Hall–Kier alpha value is -1.26. The Morgan fingerprint density at radius 2 is 2.04 bits per heavy atom. The monoisotopic (exact) mass is 333 g/mol. The van der Waals surface area contributed by atoms with E-state index in [4.69, 9.17) is 0 Å². The smallest absolute Gasteiger partial charge is 0.246 e. The molecule has 1 fully saturated rings. The lowest BCUT2D eigenvalue weighted by Crippen LogP contribution is -2.39. The molecule has 3 nitrogen and oxygen atoms in total. The van der Waals surface area contributed by atoms with Crippen molar-refractivity contribution in [2.24, 2.45) is 5.92 Å². The number of aliphatic hydroxyl groups excluding tert-OH is 1. The molecule has 0 spiro atoms. The van der Waals surface area contributed by atoms with E-state index in [2.05, 4.69) is 26.0 Å². The van der Waals surface area contributed by atoms with Crippen LogP contribution < -0.4 is 0 Å². The number of nitrogens with zero attached hydrogens (tertiary/aromatic N) is 1. The van der Waals surface area contributed by atoms with Crippen LogP contribution in [0.25, 0.3) is 6.08 Å². The second-order valence-corrected chi connectivity index (χ2v) is 7.60. The maximum Gasteiger partial charge on any atom is 0.246 e. The fraction of sp³-hybridized carbons (Fsp3) is 0.526. The quantitative estimate of drug-likeness (QED) is 0.635. The zero-order valence-corrected chi connectivity index (χ0v) is 14.9. The Balaban J connectivity index is 1.94. The van der Waals surface area contributed by atoms with Crippen LogP contribution in [-0.2, 0) is 4.79 Å². The van der Waals surface area contributed by atoms with Gasteiger partial charge in [0.1, 0.15) is 0 Å². The molecule has 1 aliphatic rings. The second kappa shape index (κ2) is 9.14. The van der Waals surface area contributed by atoms with E-state index in [0.29, 0.717) is 31.8 Å². The summed E-state index contributed by atoms with van der Waals surface area (Å²) in [5.74, 6) is 1.85. The summed E-state index contributed by atoms with van der Waals surface area (Å²) in [6.45, 7) is 5.77. The lowest BCUT2D eigenvalue weighted by Gasteiger charge is -2.28. The molecule has 0 atom stereocenters. The first-order chi connectivity index (χ1) is 11.1. The number of carbonyl (C=O) groups is 1. The molecule has 0 aromatic heterocycles. The molecule has 1 aromatic rings. The minimum atomic E-state index is -0.249. The molecule has 23 heavy (non-hydrogen) atoms. The van der Waals surface area contributed by atoms with E-state index in [1.54, 1.807) is 6.08 Å². The number of thioether (sulfide) groups is 1. The molecule has 0 aliphatic carbocycles. The van der Waals surface area contributed by atoms with E-state index in [-0.39, 0.29) is 12.0 Å². The molecule has 0 saturated carbocycles. The highest BCUT2D eigenvalue weighted by Gasteiger charge is 2.19. The predicted molar refractivity (Wildman–Crippen MR) is 97.5 cm³/mol. The van der Waals surface area contributed by atoms with Gasteiger partial charge in [0.15, 0.2) is 0 Å². The molecule has 1 N–H and O–H groups in total. The normalized spacial score (nSPS) is 16.4. The number of rotatable bonds is 6. The molecule has 126 valence electrons. The van der Waals surface area contributed by atoms with Gasteiger partial charge in [0, 0.05) is 24.1 Å². The van der Waals surface area contributed by atoms with Crippen LogP contribution in [0.4, 0.5) is 0 Å². The summed E-state index contributed by atoms with van der Waals surface area (Å²) in [7, 11) is 0. The van der Waals surface area contributed by atoms with Gasteiger partial charge in [-0.1, -0.05) is 32.0 Å². The third kappa shape index (κ3) is 6.04. The number of hydrogen-bond acceptors (Lipinski definition) is 3. The summed E-state index contributed by atoms with van der Waals surface area (Å²) in [4.78, 5) is 15.3. The highest BCUT2D eigenvalue weighted by molar-refractivity contribution is 7.99. The summed E-state index contributed by atoms with van der Waals surface area (Å²) >= 11 is 1.85. The molecule has 0 radical (unpaired) electrons. The molecule has 0 unspecified atom stereocenters. The number of aliphatic hydroxyl groups is 1. The van der Waals surface area contributed by atoms with E-state index in [1.165, 1.54) is 11.3 Å². The lowest BCUT2D eigenvalue weighted by atomic mass is 10.1. The van der Waals surface area contributed by atoms with Crippen molar-refractivity contribution in [1.29, 1.82) is 0 Å².